The number of hydrogen-bond donors (Lipinski definition) is 1. The number of thiazole rings is 1. The van der Waals surface area contributed by atoms with Gasteiger partial charge in [0.1, 0.15) is 0 Å². The molecule has 1 aromatic rings. The van der Waals surface area contributed by atoms with Crippen LogP contribution < -0.4 is 10.2 Å². The first kappa shape index (κ1) is 16.7. The van der Waals surface area contributed by atoms with Gasteiger partial charge in [0.15, 0.2) is 5.13 Å². The van der Waals surface area contributed by atoms with Crippen molar-refractivity contribution in [1.29, 1.82) is 0 Å². The van der Waals surface area contributed by atoms with E-state index in [0.717, 1.165) is 37.9 Å². The van der Waals surface area contributed by atoms with E-state index in [9.17, 15) is 0 Å². The monoisotopic (exact) mass is 311 g/mol. The maximum atomic E-state index is 5.59. The number of ether oxygens (including phenoxy) is 1. The molecule has 5 heteroatoms. The zero-order chi connectivity index (χ0) is 15.2. The van der Waals surface area contributed by atoms with E-state index in [1.807, 2.05) is 18.4 Å². The van der Waals surface area contributed by atoms with Gasteiger partial charge in [0.05, 0.1) is 12.3 Å². The predicted molar refractivity (Wildman–Crippen MR) is 90.4 cm³/mol. The minimum absolute atomic E-state index is 0.532. The number of aromatic nitrogens is 1. The lowest BCUT2D eigenvalue weighted by Gasteiger charge is -2.26. The molecule has 1 N–H and O–H groups in total. The summed E-state index contributed by atoms with van der Waals surface area (Å²) < 4.78 is 5.59. The first-order valence-corrected chi connectivity index (χ1v) is 8.90. The zero-order valence-electron chi connectivity index (χ0n) is 13.8. The number of rotatable bonds is 7. The van der Waals surface area contributed by atoms with Crippen LogP contribution in [0.2, 0.25) is 0 Å². The fourth-order valence-corrected chi connectivity index (χ4v) is 3.96. The largest absolute Gasteiger partial charge is 0.381 e. The second kappa shape index (κ2) is 8.11. The number of anilines is 1. The third-order valence-electron chi connectivity index (χ3n) is 4.25. The third kappa shape index (κ3) is 4.41. The molecular formula is C16H29N3OS. The number of nitrogens with zero attached hydrogens (tertiary/aromatic N) is 2. The highest BCUT2D eigenvalue weighted by atomic mass is 32.1. The van der Waals surface area contributed by atoms with E-state index < -0.39 is 0 Å². The molecule has 0 aliphatic carbocycles. The van der Waals surface area contributed by atoms with Gasteiger partial charge in [0.25, 0.3) is 0 Å². The van der Waals surface area contributed by atoms with Crippen LogP contribution in [0.3, 0.4) is 0 Å². The lowest BCUT2D eigenvalue weighted by atomic mass is 10.0. The van der Waals surface area contributed by atoms with Crippen LogP contribution in [0.5, 0.6) is 0 Å². The Morgan fingerprint density at radius 1 is 1.52 bits per heavy atom. The average molecular weight is 311 g/mol. The Morgan fingerprint density at radius 2 is 2.33 bits per heavy atom. The van der Waals surface area contributed by atoms with Crippen LogP contribution in [-0.2, 0) is 11.3 Å². The highest BCUT2D eigenvalue weighted by Crippen LogP contribution is 2.32. The molecule has 1 aromatic heterocycles. The van der Waals surface area contributed by atoms with Crippen molar-refractivity contribution in [3.63, 3.8) is 0 Å². The molecule has 4 nitrogen and oxygen atoms in total. The summed E-state index contributed by atoms with van der Waals surface area (Å²) in [5.74, 6) is 1.18. The summed E-state index contributed by atoms with van der Waals surface area (Å²) in [5.41, 5.74) is 1.28. The van der Waals surface area contributed by atoms with Crippen molar-refractivity contribution in [2.45, 2.75) is 45.6 Å². The Bertz CT molecular complexity index is 429. The van der Waals surface area contributed by atoms with Crippen molar-refractivity contribution >= 4 is 16.5 Å². The van der Waals surface area contributed by atoms with Crippen LogP contribution in [0.15, 0.2) is 0 Å². The first-order valence-electron chi connectivity index (χ1n) is 8.08. The van der Waals surface area contributed by atoms with Crippen molar-refractivity contribution in [2.24, 2.45) is 5.92 Å². The lowest BCUT2D eigenvalue weighted by Crippen LogP contribution is -2.30. The van der Waals surface area contributed by atoms with Crippen molar-refractivity contribution < 1.29 is 4.74 Å². The molecule has 21 heavy (non-hydrogen) atoms. The second-order valence-electron chi connectivity index (χ2n) is 6.11. The van der Waals surface area contributed by atoms with E-state index in [2.05, 4.69) is 31.1 Å². The van der Waals surface area contributed by atoms with Crippen molar-refractivity contribution in [3.05, 3.63) is 10.6 Å². The minimum Gasteiger partial charge on any atom is -0.381 e. The summed E-state index contributed by atoms with van der Waals surface area (Å²) in [5, 5.41) is 4.42. The third-order valence-corrected chi connectivity index (χ3v) is 5.43. The van der Waals surface area contributed by atoms with Gasteiger partial charge in [0.2, 0.25) is 0 Å². The molecular weight excluding hydrogens is 282 g/mol. The smallest absolute Gasteiger partial charge is 0.185 e. The molecule has 0 bridgehead atoms. The molecule has 1 fully saturated rings. The van der Waals surface area contributed by atoms with Crippen LogP contribution >= 0.6 is 11.3 Å². The topological polar surface area (TPSA) is 37.4 Å². The van der Waals surface area contributed by atoms with Crippen LogP contribution in [0, 0.1) is 5.92 Å². The highest BCUT2D eigenvalue weighted by Gasteiger charge is 2.21. The van der Waals surface area contributed by atoms with Gasteiger partial charge in [-0.2, -0.15) is 0 Å². The van der Waals surface area contributed by atoms with Crippen molar-refractivity contribution in [2.75, 3.05) is 38.8 Å². The highest BCUT2D eigenvalue weighted by molar-refractivity contribution is 7.15. The molecule has 2 atom stereocenters. The van der Waals surface area contributed by atoms with Crippen LogP contribution in [0.1, 0.15) is 49.6 Å². The average Bonchev–Trinajstić information content (AvgIpc) is 2.92. The van der Waals surface area contributed by atoms with Gasteiger partial charge < -0.3 is 15.0 Å². The van der Waals surface area contributed by atoms with E-state index in [1.165, 1.54) is 23.4 Å². The van der Waals surface area contributed by atoms with E-state index in [4.69, 9.17) is 9.72 Å². The Balaban J connectivity index is 2.07. The van der Waals surface area contributed by atoms with Gasteiger partial charge >= 0.3 is 0 Å². The maximum absolute atomic E-state index is 5.59. The van der Waals surface area contributed by atoms with Gasteiger partial charge in [0, 0.05) is 31.6 Å². The summed E-state index contributed by atoms with van der Waals surface area (Å²) in [6, 6.07) is 0. The summed E-state index contributed by atoms with van der Waals surface area (Å²) in [7, 11) is 4.17. The molecule has 0 radical (unpaired) electrons. The Morgan fingerprint density at radius 3 is 2.95 bits per heavy atom. The summed E-state index contributed by atoms with van der Waals surface area (Å²) in [4.78, 5) is 8.63. The molecule has 1 aliphatic rings. The molecule has 2 heterocycles. The van der Waals surface area contributed by atoms with Crippen LogP contribution in [0.4, 0.5) is 5.13 Å². The van der Waals surface area contributed by atoms with Crippen molar-refractivity contribution in [1.82, 2.24) is 10.3 Å². The van der Waals surface area contributed by atoms with E-state index in [1.54, 1.807) is 0 Å². The predicted octanol–water partition coefficient (Wildman–Crippen LogP) is 3.24. The van der Waals surface area contributed by atoms with Gasteiger partial charge in [-0.3, -0.25) is 0 Å². The lowest BCUT2D eigenvalue weighted by molar-refractivity contribution is 0.0576. The SMILES string of the molecule is CCC(C)c1nc(N(C)CC2CCCOC2)sc1CNC. The fourth-order valence-electron chi connectivity index (χ4n) is 2.80. The minimum atomic E-state index is 0.532. The van der Waals surface area contributed by atoms with Crippen LogP contribution in [0.25, 0.3) is 0 Å². The standard InChI is InChI=1S/C16H29N3OS/c1-5-12(2)15-14(9-17-3)21-16(18-15)19(4)10-13-7-6-8-20-11-13/h12-13,17H,5-11H2,1-4H3. The fraction of sp³-hybridized carbons (Fsp3) is 0.812. The molecule has 120 valence electrons. The Hall–Kier alpha value is -0.650. The molecule has 0 saturated carbocycles. The van der Waals surface area contributed by atoms with E-state index in [-0.39, 0.29) is 0 Å². The van der Waals surface area contributed by atoms with Gasteiger partial charge in [-0.1, -0.05) is 13.8 Å². The van der Waals surface area contributed by atoms with Crippen molar-refractivity contribution in [3.8, 4) is 0 Å². The molecule has 2 rings (SSSR count). The second-order valence-corrected chi connectivity index (χ2v) is 7.17. The maximum Gasteiger partial charge on any atom is 0.185 e. The van der Waals surface area contributed by atoms with E-state index >= 15 is 0 Å². The molecule has 1 aliphatic heterocycles. The first-order chi connectivity index (χ1) is 10.2. The van der Waals surface area contributed by atoms with Gasteiger partial charge in [-0.25, -0.2) is 4.98 Å². The summed E-state index contributed by atoms with van der Waals surface area (Å²) in [6.45, 7) is 8.30. The number of nitrogens with one attached hydrogen (secondary N) is 1. The van der Waals surface area contributed by atoms with E-state index in [0.29, 0.717) is 11.8 Å². The zero-order valence-corrected chi connectivity index (χ0v) is 14.6. The molecule has 1 saturated heterocycles. The summed E-state index contributed by atoms with van der Waals surface area (Å²) in [6.07, 6.45) is 3.61. The quantitative estimate of drug-likeness (QED) is 0.839. The molecule has 0 spiro atoms. The van der Waals surface area contributed by atoms with Gasteiger partial charge in [-0.05, 0) is 38.1 Å². The van der Waals surface area contributed by atoms with Gasteiger partial charge in [-0.15, -0.1) is 11.3 Å². The Labute approximate surface area is 132 Å². The molecule has 2 unspecified atom stereocenters. The molecule has 0 aromatic carbocycles. The normalized spacial score (nSPS) is 20.5. The molecule has 0 amide bonds. The number of hydrogen-bond acceptors (Lipinski definition) is 5. The Kier molecular flexibility index (Phi) is 6.45. The van der Waals surface area contributed by atoms with Crippen LogP contribution in [-0.4, -0.2) is 38.8 Å². The summed E-state index contributed by atoms with van der Waals surface area (Å²) >= 11 is 1.84.